The molecule has 0 unspecified atom stereocenters. The van der Waals surface area contributed by atoms with Crippen molar-refractivity contribution in [3.8, 4) is 0 Å². The summed E-state index contributed by atoms with van der Waals surface area (Å²) in [6.07, 6.45) is 1.71. The van der Waals surface area contributed by atoms with Crippen LogP contribution in [0.4, 0.5) is 5.69 Å². The summed E-state index contributed by atoms with van der Waals surface area (Å²) >= 11 is 0. The largest absolute Gasteiger partial charge is 0.333 e. The van der Waals surface area contributed by atoms with Crippen LogP contribution >= 0.6 is 10.7 Å². The van der Waals surface area contributed by atoms with Crippen molar-refractivity contribution in [1.82, 2.24) is 9.55 Å². The number of aromatic nitrogens is 2. The second-order valence-electron chi connectivity index (χ2n) is 4.39. The standard InChI is InChI=1S/C12H12ClN3O4S/c1-9-14-12(21(13,19)20)8-15(9)7-6-10-4-2-3-5-11(10)16(17)18/h2-5,8H,6-7H2,1H3. The quantitative estimate of drug-likeness (QED) is 0.476. The van der Waals surface area contributed by atoms with Crippen LogP contribution in [0.15, 0.2) is 35.5 Å². The van der Waals surface area contributed by atoms with E-state index in [2.05, 4.69) is 4.98 Å². The normalized spacial score (nSPS) is 11.5. The molecule has 1 aromatic carbocycles. The van der Waals surface area contributed by atoms with Gasteiger partial charge in [-0.2, -0.15) is 0 Å². The number of nitrogens with zero attached hydrogens (tertiary/aromatic N) is 3. The molecule has 2 aromatic rings. The lowest BCUT2D eigenvalue weighted by molar-refractivity contribution is -0.385. The zero-order valence-electron chi connectivity index (χ0n) is 11.1. The molecule has 9 heteroatoms. The van der Waals surface area contributed by atoms with Crippen molar-refractivity contribution in [2.45, 2.75) is 24.9 Å². The van der Waals surface area contributed by atoms with Crippen LogP contribution in [0, 0.1) is 17.0 Å². The van der Waals surface area contributed by atoms with E-state index in [0.29, 0.717) is 24.4 Å². The minimum Gasteiger partial charge on any atom is -0.333 e. The van der Waals surface area contributed by atoms with Gasteiger partial charge >= 0.3 is 0 Å². The summed E-state index contributed by atoms with van der Waals surface area (Å²) in [4.78, 5) is 14.3. The van der Waals surface area contributed by atoms with E-state index in [9.17, 15) is 18.5 Å². The maximum absolute atomic E-state index is 11.2. The van der Waals surface area contributed by atoms with Gasteiger partial charge in [-0.15, -0.1) is 0 Å². The van der Waals surface area contributed by atoms with Crippen LogP contribution < -0.4 is 0 Å². The average Bonchev–Trinajstić information content (AvgIpc) is 2.78. The number of nitro groups is 1. The summed E-state index contributed by atoms with van der Waals surface area (Å²) in [5.41, 5.74) is 0.617. The second kappa shape index (κ2) is 5.82. The smallest absolute Gasteiger partial charge is 0.280 e. The Balaban J connectivity index is 2.22. The molecule has 0 N–H and O–H groups in total. The van der Waals surface area contributed by atoms with E-state index in [4.69, 9.17) is 10.7 Å². The maximum Gasteiger partial charge on any atom is 0.280 e. The first-order valence-electron chi connectivity index (χ1n) is 6.00. The van der Waals surface area contributed by atoms with Crippen molar-refractivity contribution < 1.29 is 13.3 Å². The molecule has 0 aliphatic heterocycles. The fourth-order valence-corrected chi connectivity index (χ4v) is 2.68. The number of hydrogen-bond acceptors (Lipinski definition) is 5. The number of rotatable bonds is 5. The van der Waals surface area contributed by atoms with Gasteiger partial charge in [-0.05, 0) is 13.3 Å². The van der Waals surface area contributed by atoms with Gasteiger partial charge in [0.05, 0.1) is 4.92 Å². The van der Waals surface area contributed by atoms with Gasteiger partial charge in [0.2, 0.25) is 0 Å². The topological polar surface area (TPSA) is 95.1 Å². The fourth-order valence-electron chi connectivity index (χ4n) is 1.96. The minimum absolute atomic E-state index is 0.0421. The van der Waals surface area contributed by atoms with Gasteiger partial charge in [0.25, 0.3) is 14.7 Å². The average molecular weight is 330 g/mol. The van der Waals surface area contributed by atoms with Gasteiger partial charge in [-0.25, -0.2) is 13.4 Å². The molecule has 0 saturated heterocycles. The van der Waals surface area contributed by atoms with Crippen LogP contribution in [0.1, 0.15) is 11.4 Å². The minimum atomic E-state index is -3.88. The third kappa shape index (κ3) is 3.59. The molecule has 112 valence electrons. The Hall–Kier alpha value is -1.93. The lowest BCUT2D eigenvalue weighted by atomic mass is 10.1. The molecule has 1 aromatic heterocycles. The maximum atomic E-state index is 11.2. The lowest BCUT2D eigenvalue weighted by Crippen LogP contribution is -2.04. The van der Waals surface area contributed by atoms with Crippen molar-refractivity contribution in [2.24, 2.45) is 0 Å². The highest BCUT2D eigenvalue weighted by atomic mass is 35.7. The summed E-state index contributed by atoms with van der Waals surface area (Å²) in [6.45, 7) is 2.01. The highest BCUT2D eigenvalue weighted by molar-refractivity contribution is 8.13. The first-order valence-corrected chi connectivity index (χ1v) is 8.30. The van der Waals surface area contributed by atoms with Crippen LogP contribution in [0.5, 0.6) is 0 Å². The van der Waals surface area contributed by atoms with Gasteiger partial charge in [-0.1, -0.05) is 18.2 Å². The number of aryl methyl sites for hydroxylation is 3. The molecule has 1 heterocycles. The molecule has 0 aliphatic rings. The number of halogens is 1. The highest BCUT2D eigenvalue weighted by Gasteiger charge is 2.17. The first-order chi connectivity index (χ1) is 9.79. The SMILES string of the molecule is Cc1nc(S(=O)(=O)Cl)cn1CCc1ccccc1[N+](=O)[O-]. The number of benzene rings is 1. The van der Waals surface area contributed by atoms with Gasteiger partial charge in [-0.3, -0.25) is 10.1 Å². The molecular weight excluding hydrogens is 318 g/mol. The van der Waals surface area contributed by atoms with Crippen molar-refractivity contribution in [2.75, 3.05) is 0 Å². The molecule has 0 atom stereocenters. The summed E-state index contributed by atoms with van der Waals surface area (Å²) in [7, 11) is 1.36. The predicted molar refractivity (Wildman–Crippen MR) is 76.8 cm³/mol. The summed E-state index contributed by atoms with van der Waals surface area (Å²) in [5.74, 6) is 0.479. The van der Waals surface area contributed by atoms with Crippen molar-refractivity contribution in [3.05, 3.63) is 52.0 Å². The molecule has 0 aliphatic carbocycles. The third-order valence-electron chi connectivity index (χ3n) is 3.01. The third-order valence-corrected chi connectivity index (χ3v) is 4.18. The molecule has 0 radical (unpaired) electrons. The number of hydrogen-bond donors (Lipinski definition) is 0. The fraction of sp³-hybridized carbons (Fsp3) is 0.250. The summed E-state index contributed by atoms with van der Waals surface area (Å²) < 4.78 is 24.0. The van der Waals surface area contributed by atoms with E-state index in [1.807, 2.05) is 0 Å². The zero-order chi connectivity index (χ0) is 15.6. The Kier molecular flexibility index (Phi) is 4.29. The molecular formula is C12H12ClN3O4S. The molecule has 0 spiro atoms. The van der Waals surface area contributed by atoms with E-state index >= 15 is 0 Å². The predicted octanol–water partition coefficient (Wildman–Crippen LogP) is 2.27. The van der Waals surface area contributed by atoms with Crippen LogP contribution in [0.2, 0.25) is 0 Å². The first kappa shape index (κ1) is 15.5. The highest BCUT2D eigenvalue weighted by Crippen LogP contribution is 2.20. The molecule has 2 rings (SSSR count). The molecule has 0 bridgehead atoms. The van der Waals surface area contributed by atoms with Gasteiger partial charge < -0.3 is 4.57 Å². The molecule has 7 nitrogen and oxygen atoms in total. The van der Waals surface area contributed by atoms with Gasteiger partial charge in [0.1, 0.15) is 5.82 Å². The van der Waals surface area contributed by atoms with Crippen molar-refractivity contribution in [3.63, 3.8) is 0 Å². The van der Waals surface area contributed by atoms with Crippen LogP contribution in [0.3, 0.4) is 0 Å². The van der Waals surface area contributed by atoms with E-state index in [0.717, 1.165) is 0 Å². The van der Waals surface area contributed by atoms with E-state index in [1.165, 1.54) is 12.3 Å². The van der Waals surface area contributed by atoms with Gasteiger partial charge in [0.15, 0.2) is 5.03 Å². The summed E-state index contributed by atoms with van der Waals surface area (Å²) in [5, 5.41) is 10.7. The Labute approximate surface area is 125 Å². The Morgan fingerprint density at radius 1 is 1.38 bits per heavy atom. The van der Waals surface area contributed by atoms with Crippen molar-refractivity contribution >= 4 is 25.4 Å². The zero-order valence-corrected chi connectivity index (χ0v) is 12.6. The van der Waals surface area contributed by atoms with Gasteiger partial charge in [0, 0.05) is 35.1 Å². The number of nitro benzene ring substituents is 1. The molecule has 0 saturated carbocycles. The van der Waals surface area contributed by atoms with E-state index in [-0.39, 0.29) is 10.7 Å². The van der Waals surface area contributed by atoms with Crippen LogP contribution in [-0.4, -0.2) is 22.9 Å². The van der Waals surface area contributed by atoms with Crippen LogP contribution in [0.25, 0.3) is 0 Å². The molecule has 0 amide bonds. The van der Waals surface area contributed by atoms with Crippen LogP contribution in [-0.2, 0) is 22.0 Å². The summed E-state index contributed by atoms with van der Waals surface area (Å²) in [6, 6.07) is 6.42. The Bertz CT molecular complexity index is 786. The number of imidazole rings is 1. The number of para-hydroxylation sites is 1. The Morgan fingerprint density at radius 2 is 2.05 bits per heavy atom. The Morgan fingerprint density at radius 3 is 2.62 bits per heavy atom. The molecule has 21 heavy (non-hydrogen) atoms. The van der Waals surface area contributed by atoms with Crippen molar-refractivity contribution in [1.29, 1.82) is 0 Å². The monoisotopic (exact) mass is 329 g/mol. The molecule has 0 fully saturated rings. The van der Waals surface area contributed by atoms with E-state index < -0.39 is 14.0 Å². The second-order valence-corrected chi connectivity index (χ2v) is 6.91. The van der Waals surface area contributed by atoms with E-state index in [1.54, 1.807) is 29.7 Å². The lowest BCUT2D eigenvalue weighted by Gasteiger charge is -2.05.